The highest BCUT2D eigenvalue weighted by molar-refractivity contribution is 5.77. The fourth-order valence-corrected chi connectivity index (χ4v) is 3.86. The normalized spacial score (nSPS) is 23.6. The summed E-state index contributed by atoms with van der Waals surface area (Å²) in [6.45, 7) is 0.615. The van der Waals surface area contributed by atoms with E-state index in [4.69, 9.17) is 4.84 Å². The number of halogens is 1. The summed E-state index contributed by atoms with van der Waals surface area (Å²) in [7, 11) is 1.59. The number of anilines is 1. The molecule has 4 aliphatic rings. The summed E-state index contributed by atoms with van der Waals surface area (Å²) in [6.07, 6.45) is 5.12. The summed E-state index contributed by atoms with van der Waals surface area (Å²) < 4.78 is 14.8. The number of hydrazine groups is 3. The maximum Gasteiger partial charge on any atom is 0.355 e. The van der Waals surface area contributed by atoms with Gasteiger partial charge in [-0.25, -0.2) is 14.8 Å². The lowest BCUT2D eigenvalue weighted by Gasteiger charge is -2.24. The fourth-order valence-electron chi connectivity index (χ4n) is 3.86. The van der Waals surface area contributed by atoms with Gasteiger partial charge in [-0.05, 0) is 42.5 Å². The predicted molar refractivity (Wildman–Crippen MR) is 96.0 cm³/mol. The highest BCUT2D eigenvalue weighted by atomic mass is 19.1. The molecule has 3 N–H and O–H groups in total. The zero-order valence-corrected chi connectivity index (χ0v) is 15.0. The van der Waals surface area contributed by atoms with Crippen LogP contribution in [0.1, 0.15) is 17.5 Å². The van der Waals surface area contributed by atoms with E-state index in [2.05, 4.69) is 22.6 Å². The number of carbonyl (C=O) groups is 1. The second-order valence-corrected chi connectivity index (χ2v) is 7.13. The monoisotopic (exact) mass is 372 g/mol. The summed E-state index contributed by atoms with van der Waals surface area (Å²) in [4.78, 5) is 19.6. The number of rotatable bonds is 5. The van der Waals surface area contributed by atoms with Crippen molar-refractivity contribution in [3.8, 4) is 0 Å². The van der Waals surface area contributed by atoms with E-state index in [1.807, 2.05) is 18.2 Å². The number of amides is 2. The minimum atomic E-state index is -0.346. The molecule has 0 aromatic heterocycles. The van der Waals surface area contributed by atoms with Crippen LogP contribution < -0.4 is 16.5 Å². The summed E-state index contributed by atoms with van der Waals surface area (Å²) in [5.74, 6) is -0.346. The molecule has 0 radical (unpaired) electrons. The molecule has 0 spiro atoms. The van der Waals surface area contributed by atoms with Crippen molar-refractivity contribution in [3.05, 3.63) is 52.6 Å². The van der Waals surface area contributed by atoms with Gasteiger partial charge >= 0.3 is 6.03 Å². The number of fused-ring (bicyclic) bond motifs is 2. The number of nitrogens with one attached hydrogen (secondary N) is 3. The highest BCUT2D eigenvalue weighted by Crippen LogP contribution is 2.38. The molecular weight excluding hydrogens is 351 g/mol. The van der Waals surface area contributed by atoms with Crippen LogP contribution in [0.5, 0.6) is 0 Å². The number of hydrogen-bond donors (Lipinski definition) is 3. The summed E-state index contributed by atoms with van der Waals surface area (Å²) in [5.41, 5.74) is 12.8. The van der Waals surface area contributed by atoms with Gasteiger partial charge in [-0.2, -0.15) is 4.39 Å². The van der Waals surface area contributed by atoms with E-state index >= 15 is 0 Å². The van der Waals surface area contributed by atoms with Crippen LogP contribution in [0.3, 0.4) is 0 Å². The van der Waals surface area contributed by atoms with Crippen molar-refractivity contribution >= 4 is 11.7 Å². The molecule has 0 bridgehead atoms. The molecule has 9 heteroatoms. The third kappa shape index (κ3) is 2.75. The molecule has 2 saturated heterocycles. The maximum atomic E-state index is 14.8. The Morgan fingerprint density at radius 3 is 3.04 bits per heavy atom. The van der Waals surface area contributed by atoms with Crippen LogP contribution in [0.25, 0.3) is 0 Å². The minimum Gasteiger partial charge on any atom is -0.337 e. The van der Waals surface area contributed by atoms with Crippen molar-refractivity contribution in [2.24, 2.45) is 0 Å². The van der Waals surface area contributed by atoms with Crippen molar-refractivity contribution in [3.63, 3.8) is 0 Å². The second kappa shape index (κ2) is 6.22. The van der Waals surface area contributed by atoms with Gasteiger partial charge < -0.3 is 4.90 Å². The molecule has 1 aliphatic carbocycles. The number of benzene rings is 1. The molecule has 3 aliphatic heterocycles. The number of urea groups is 1. The quantitative estimate of drug-likeness (QED) is 0.414. The Balaban J connectivity index is 1.33. The van der Waals surface area contributed by atoms with E-state index in [1.165, 1.54) is 21.1 Å². The first-order chi connectivity index (χ1) is 13.1. The van der Waals surface area contributed by atoms with E-state index < -0.39 is 0 Å². The molecule has 1 unspecified atom stereocenters. The van der Waals surface area contributed by atoms with Crippen LogP contribution in [-0.2, 0) is 17.7 Å². The molecule has 142 valence electrons. The zero-order valence-electron chi connectivity index (χ0n) is 15.0. The van der Waals surface area contributed by atoms with Gasteiger partial charge in [0.25, 0.3) is 0 Å². The molecule has 2 amide bonds. The van der Waals surface area contributed by atoms with Gasteiger partial charge in [-0.15, -0.1) is 11.1 Å². The predicted octanol–water partition coefficient (Wildman–Crippen LogP) is 1.57. The van der Waals surface area contributed by atoms with E-state index in [0.29, 0.717) is 17.8 Å². The molecule has 2 fully saturated rings. The molecule has 8 nitrogen and oxygen atoms in total. The molecular formula is C18H21FN6O2. The van der Waals surface area contributed by atoms with Gasteiger partial charge in [0, 0.05) is 13.6 Å². The van der Waals surface area contributed by atoms with Gasteiger partial charge in [0.15, 0.2) is 5.95 Å². The Morgan fingerprint density at radius 1 is 1.33 bits per heavy atom. The summed E-state index contributed by atoms with van der Waals surface area (Å²) >= 11 is 0. The first-order valence-corrected chi connectivity index (χ1v) is 9.08. The fraction of sp³-hybridized carbons (Fsp3) is 0.389. The third-order valence-corrected chi connectivity index (χ3v) is 5.40. The average molecular weight is 372 g/mol. The lowest BCUT2D eigenvalue weighted by molar-refractivity contribution is 0.193. The van der Waals surface area contributed by atoms with E-state index in [1.54, 1.807) is 11.9 Å². The van der Waals surface area contributed by atoms with Crippen LogP contribution in [0.15, 0.2) is 41.5 Å². The molecule has 27 heavy (non-hydrogen) atoms. The Bertz CT molecular complexity index is 869. The maximum absolute atomic E-state index is 14.8. The average Bonchev–Trinajstić information content (AvgIpc) is 3.15. The molecule has 3 heterocycles. The highest BCUT2D eigenvalue weighted by Gasteiger charge is 2.44. The standard InChI is InChI=1S/C18H21FN6O2/c1-23-18(26)25(22-21-23)16-8-12-9-24(12)17(19)14(16)10-27-20-15-7-3-5-11-4-2-6-13(11)15/h3,5,7-8,12,20-22H,2,4,6,9-10H2,1H3. The van der Waals surface area contributed by atoms with Crippen molar-refractivity contribution in [1.29, 1.82) is 0 Å². The number of hydrogen-bond acceptors (Lipinski definition) is 6. The Hall–Kier alpha value is -2.62. The van der Waals surface area contributed by atoms with Gasteiger partial charge in [-0.3, -0.25) is 10.3 Å². The Morgan fingerprint density at radius 2 is 2.22 bits per heavy atom. The van der Waals surface area contributed by atoms with Crippen LogP contribution in [-0.4, -0.2) is 47.2 Å². The molecule has 1 aromatic rings. The van der Waals surface area contributed by atoms with Gasteiger partial charge in [0.05, 0.1) is 23.0 Å². The number of nitrogens with zero attached hydrogens (tertiary/aromatic N) is 3. The SMILES string of the molecule is CN1NNN(C2=CC3CN3C(F)=C2CONc2cccc3c2CCC3)C1=O. The lowest BCUT2D eigenvalue weighted by atomic mass is 10.1. The van der Waals surface area contributed by atoms with E-state index in [9.17, 15) is 9.18 Å². The summed E-state index contributed by atoms with van der Waals surface area (Å²) in [5, 5.41) is 2.59. The second-order valence-electron chi connectivity index (χ2n) is 7.13. The number of aryl methyl sites for hydroxylation is 1. The zero-order chi connectivity index (χ0) is 18.5. The lowest BCUT2D eigenvalue weighted by Crippen LogP contribution is -2.39. The minimum absolute atomic E-state index is 0.000269. The van der Waals surface area contributed by atoms with Crippen LogP contribution >= 0.6 is 0 Å². The van der Waals surface area contributed by atoms with Crippen molar-refractivity contribution < 1.29 is 14.0 Å². The van der Waals surface area contributed by atoms with E-state index in [-0.39, 0.29) is 24.6 Å². The molecule has 1 atom stereocenters. The molecule has 1 aromatic carbocycles. The third-order valence-electron chi connectivity index (χ3n) is 5.40. The summed E-state index contributed by atoms with van der Waals surface area (Å²) in [6, 6.07) is 5.78. The van der Waals surface area contributed by atoms with Gasteiger partial charge in [0.1, 0.15) is 6.61 Å². The van der Waals surface area contributed by atoms with Crippen molar-refractivity contribution in [1.82, 2.24) is 26.0 Å². The first-order valence-electron chi connectivity index (χ1n) is 9.08. The van der Waals surface area contributed by atoms with Crippen LogP contribution in [0.2, 0.25) is 0 Å². The smallest absolute Gasteiger partial charge is 0.337 e. The largest absolute Gasteiger partial charge is 0.355 e. The van der Waals surface area contributed by atoms with Crippen LogP contribution in [0.4, 0.5) is 14.9 Å². The number of carbonyl (C=O) groups excluding carboxylic acids is 1. The molecule has 0 saturated carbocycles. The van der Waals surface area contributed by atoms with Gasteiger partial charge in [-0.1, -0.05) is 12.1 Å². The van der Waals surface area contributed by atoms with Gasteiger partial charge in [0.2, 0.25) is 0 Å². The van der Waals surface area contributed by atoms with E-state index in [0.717, 1.165) is 24.9 Å². The Labute approximate surface area is 156 Å². The van der Waals surface area contributed by atoms with Crippen molar-refractivity contribution in [2.45, 2.75) is 25.3 Å². The molecule has 5 rings (SSSR count). The topological polar surface area (TPSA) is 71.9 Å². The van der Waals surface area contributed by atoms with Crippen LogP contribution in [0, 0.1) is 0 Å². The first kappa shape index (κ1) is 16.5. The van der Waals surface area contributed by atoms with Crippen molar-refractivity contribution in [2.75, 3.05) is 25.7 Å². The Kier molecular flexibility index (Phi) is 3.81.